The molecule has 228 valence electrons. The van der Waals surface area contributed by atoms with Crippen LogP contribution in [0.3, 0.4) is 0 Å². The van der Waals surface area contributed by atoms with Crippen molar-refractivity contribution in [3.63, 3.8) is 0 Å². The van der Waals surface area contributed by atoms with E-state index in [4.69, 9.17) is 23.8 Å². The van der Waals surface area contributed by atoms with E-state index in [-0.39, 0.29) is 17.9 Å². The van der Waals surface area contributed by atoms with Gasteiger partial charge >= 0.3 is 12.5 Å². The number of benzene rings is 2. The summed E-state index contributed by atoms with van der Waals surface area (Å²) in [5.41, 5.74) is 0.0587. The first-order valence-electron chi connectivity index (χ1n) is 12.4. The van der Waals surface area contributed by atoms with Crippen LogP contribution in [-0.4, -0.2) is 74.2 Å². The topological polar surface area (TPSA) is 85.6 Å². The number of halogens is 6. The molecule has 5 atom stereocenters. The van der Waals surface area contributed by atoms with Crippen LogP contribution < -0.4 is 4.74 Å². The third-order valence-corrected chi connectivity index (χ3v) is 6.49. The number of nitrogens with zero attached hydrogens (tertiary/aromatic N) is 3. The number of hydrogen-bond donors (Lipinski definition) is 0. The minimum absolute atomic E-state index is 0.0577. The van der Waals surface area contributed by atoms with Crippen LogP contribution in [0.25, 0.3) is 16.9 Å². The normalized spacial score (nSPS) is 23.3. The molecule has 2 heterocycles. The van der Waals surface area contributed by atoms with Gasteiger partial charge in [-0.2, -0.15) is 13.2 Å². The average molecular weight is 604 g/mol. The molecule has 1 saturated heterocycles. The van der Waals surface area contributed by atoms with Crippen molar-refractivity contribution >= 4 is 6.21 Å². The zero-order valence-electron chi connectivity index (χ0n) is 22.7. The lowest BCUT2D eigenvalue weighted by Gasteiger charge is -2.42. The van der Waals surface area contributed by atoms with Gasteiger partial charge in [0.25, 0.3) is 6.29 Å². The molecule has 2 aromatic carbocycles. The van der Waals surface area contributed by atoms with Crippen LogP contribution in [0.2, 0.25) is 0 Å². The lowest BCUT2D eigenvalue weighted by atomic mass is 9.99. The number of oxime groups is 1. The second-order valence-corrected chi connectivity index (χ2v) is 9.16. The number of rotatable bonds is 9. The molecule has 1 fully saturated rings. The van der Waals surface area contributed by atoms with Crippen LogP contribution in [0.5, 0.6) is 5.75 Å². The van der Waals surface area contributed by atoms with Crippen molar-refractivity contribution in [2.75, 3.05) is 21.3 Å². The largest absolute Gasteiger partial charge is 0.573 e. The van der Waals surface area contributed by atoms with Gasteiger partial charge in [0.05, 0.1) is 29.9 Å². The first-order valence-corrected chi connectivity index (χ1v) is 12.4. The van der Waals surface area contributed by atoms with Crippen molar-refractivity contribution in [2.24, 2.45) is 5.16 Å². The Hall–Kier alpha value is -3.66. The highest BCUT2D eigenvalue weighted by molar-refractivity contribution is 5.80. The molecule has 42 heavy (non-hydrogen) atoms. The van der Waals surface area contributed by atoms with Gasteiger partial charge in [-0.15, -0.1) is 13.2 Å². The van der Waals surface area contributed by atoms with Gasteiger partial charge in [-0.1, -0.05) is 29.4 Å². The third-order valence-electron chi connectivity index (χ3n) is 6.49. The van der Waals surface area contributed by atoms with E-state index in [1.54, 1.807) is 31.4 Å². The second kappa shape index (κ2) is 12.7. The van der Waals surface area contributed by atoms with Crippen LogP contribution in [0.15, 0.2) is 60.1 Å². The predicted octanol–water partition coefficient (Wildman–Crippen LogP) is 5.60. The average Bonchev–Trinajstić information content (AvgIpc) is 3.42. The molecule has 15 heteroatoms. The molecule has 4 rings (SSSR count). The predicted molar refractivity (Wildman–Crippen MR) is 136 cm³/mol. The van der Waals surface area contributed by atoms with Gasteiger partial charge in [0.1, 0.15) is 18.0 Å². The van der Waals surface area contributed by atoms with Gasteiger partial charge in [0.2, 0.25) is 0 Å². The summed E-state index contributed by atoms with van der Waals surface area (Å²) in [5.74, 6) is -1.35. The first kappa shape index (κ1) is 31.3. The van der Waals surface area contributed by atoms with Gasteiger partial charge in [-0.3, -0.25) is 0 Å². The molecule has 0 unspecified atom stereocenters. The fraction of sp³-hybridized carbons (Fsp3) is 0.407. The number of imidazole rings is 1. The highest BCUT2D eigenvalue weighted by atomic mass is 19.4. The van der Waals surface area contributed by atoms with Crippen LogP contribution >= 0.6 is 0 Å². The molecule has 0 saturated carbocycles. The van der Waals surface area contributed by atoms with E-state index in [9.17, 15) is 26.3 Å². The van der Waals surface area contributed by atoms with Crippen molar-refractivity contribution in [2.45, 2.75) is 50.2 Å². The number of aromatic nitrogens is 2. The van der Waals surface area contributed by atoms with E-state index in [0.29, 0.717) is 29.0 Å². The van der Waals surface area contributed by atoms with E-state index in [2.05, 4.69) is 14.9 Å². The molecule has 0 bridgehead atoms. The van der Waals surface area contributed by atoms with Crippen molar-refractivity contribution in [3.8, 4) is 22.7 Å². The Kier molecular flexibility index (Phi) is 9.45. The van der Waals surface area contributed by atoms with Gasteiger partial charge in [-0.25, -0.2) is 4.98 Å². The Bertz CT molecular complexity index is 1360. The monoisotopic (exact) mass is 603 g/mol. The van der Waals surface area contributed by atoms with Gasteiger partial charge in [0.15, 0.2) is 6.10 Å². The van der Waals surface area contributed by atoms with Crippen molar-refractivity contribution in [1.82, 2.24) is 9.55 Å². The molecule has 0 N–H and O–H groups in total. The molecular weight excluding hydrogens is 576 g/mol. The molecule has 0 amide bonds. The van der Waals surface area contributed by atoms with Gasteiger partial charge in [-0.05, 0) is 30.7 Å². The van der Waals surface area contributed by atoms with Crippen LogP contribution in [0, 0.1) is 0 Å². The lowest BCUT2D eigenvalue weighted by molar-refractivity contribution is -0.305. The maximum absolute atomic E-state index is 13.4. The standard InChI is InChI=1S/C27H27F6N3O6/c1-15-22(37-2)23(38-3)24(39-4)25(40-15)42-35-12-16-5-7-17(8-6-16)20-13-36(14-34-20)18-9-10-21(41-27(31,32)33)19(11-18)26(28,29)30/h5-15,22-25H,1-4H3/b35-12+/t15-,22-,23+,24+,25-/m0/s1. The summed E-state index contributed by atoms with van der Waals surface area (Å²) in [4.78, 5) is 9.74. The van der Waals surface area contributed by atoms with Crippen LogP contribution in [-0.2, 0) is 30.0 Å². The van der Waals surface area contributed by atoms with Gasteiger partial charge < -0.3 is 33.1 Å². The molecule has 1 aromatic heterocycles. The first-order chi connectivity index (χ1) is 19.8. The minimum Gasteiger partial charge on any atom is -0.405 e. The Morgan fingerprint density at radius 2 is 1.57 bits per heavy atom. The Morgan fingerprint density at radius 3 is 2.17 bits per heavy atom. The minimum atomic E-state index is -5.28. The fourth-order valence-electron chi connectivity index (χ4n) is 4.52. The molecular formula is C27H27F6N3O6. The van der Waals surface area contributed by atoms with Crippen molar-refractivity contribution in [1.29, 1.82) is 0 Å². The fourth-order valence-corrected chi connectivity index (χ4v) is 4.52. The maximum Gasteiger partial charge on any atom is 0.573 e. The van der Waals surface area contributed by atoms with Crippen molar-refractivity contribution in [3.05, 3.63) is 66.1 Å². The van der Waals surface area contributed by atoms with Gasteiger partial charge in [0, 0.05) is 38.8 Å². The Morgan fingerprint density at radius 1 is 0.905 bits per heavy atom. The number of alkyl halides is 6. The summed E-state index contributed by atoms with van der Waals surface area (Å²) in [7, 11) is 4.58. The van der Waals surface area contributed by atoms with E-state index in [1.165, 1.54) is 37.5 Å². The number of methoxy groups -OCH3 is 3. The summed E-state index contributed by atoms with van der Waals surface area (Å²) in [6.45, 7) is 1.82. The summed E-state index contributed by atoms with van der Waals surface area (Å²) >= 11 is 0. The van der Waals surface area contributed by atoms with E-state index in [1.807, 2.05) is 6.92 Å². The SMILES string of the molecule is CO[C@@H]1[C@@H](OC)[C@H](C)O[C@@H](O/N=C/c2ccc(-c3cn(-c4ccc(OC(F)(F)F)c(C(F)(F)F)c4)cn3)cc2)[C@@H]1OC. The van der Waals surface area contributed by atoms with E-state index in [0.717, 1.165) is 6.07 Å². The lowest BCUT2D eigenvalue weighted by Crippen LogP contribution is -2.59. The highest BCUT2D eigenvalue weighted by Crippen LogP contribution is 2.39. The van der Waals surface area contributed by atoms with Crippen molar-refractivity contribution < 1.29 is 54.9 Å². The Labute approximate surface area is 236 Å². The Balaban J connectivity index is 1.45. The quantitative estimate of drug-likeness (QED) is 0.179. The molecule has 0 spiro atoms. The molecule has 3 aromatic rings. The zero-order chi connectivity index (χ0) is 30.7. The second-order valence-electron chi connectivity index (χ2n) is 9.16. The molecule has 1 aliphatic heterocycles. The number of hydrogen-bond acceptors (Lipinski definition) is 8. The highest BCUT2D eigenvalue weighted by Gasteiger charge is 2.47. The third kappa shape index (κ3) is 7.21. The molecule has 9 nitrogen and oxygen atoms in total. The molecule has 0 radical (unpaired) electrons. The van der Waals surface area contributed by atoms with Crippen LogP contribution in [0.1, 0.15) is 18.1 Å². The maximum atomic E-state index is 13.4. The van der Waals surface area contributed by atoms with E-state index >= 15 is 0 Å². The van der Waals surface area contributed by atoms with E-state index < -0.39 is 42.3 Å². The van der Waals surface area contributed by atoms with Crippen LogP contribution in [0.4, 0.5) is 26.3 Å². The summed E-state index contributed by atoms with van der Waals surface area (Å²) < 4.78 is 105. The zero-order valence-corrected chi connectivity index (χ0v) is 22.7. The number of ether oxygens (including phenoxy) is 5. The summed E-state index contributed by atoms with van der Waals surface area (Å²) in [6, 6.07) is 9.07. The smallest absolute Gasteiger partial charge is 0.405 e. The molecule has 0 aliphatic carbocycles. The summed E-state index contributed by atoms with van der Waals surface area (Å²) in [6.07, 6.45) is -8.84. The molecule has 1 aliphatic rings. The summed E-state index contributed by atoms with van der Waals surface area (Å²) in [5, 5.41) is 4.00.